The summed E-state index contributed by atoms with van der Waals surface area (Å²) in [6.45, 7) is 3.89. The fraction of sp³-hybridized carbons (Fsp3) is 0.571. The monoisotopic (exact) mass is 376 g/mol. The van der Waals surface area contributed by atoms with Crippen LogP contribution in [0.15, 0.2) is 24.3 Å². The minimum atomic E-state index is -5.36. The lowest BCUT2D eigenvalue weighted by atomic mass is 9.93. The summed E-state index contributed by atoms with van der Waals surface area (Å²) in [7, 11) is 0. The summed E-state index contributed by atoms with van der Waals surface area (Å²) in [4.78, 5) is -1.86. The summed E-state index contributed by atoms with van der Waals surface area (Å²) >= 11 is 2.56. The van der Waals surface area contributed by atoms with Gasteiger partial charge in [0.05, 0.1) is 4.83 Å². The Morgan fingerprint density at radius 1 is 0.905 bits per heavy atom. The van der Waals surface area contributed by atoms with Gasteiger partial charge in [-0.1, -0.05) is 54.0 Å². The molecule has 0 aliphatic carbocycles. The average molecular weight is 377 g/mol. The number of halogens is 7. The number of rotatable bonds is 4. The van der Waals surface area contributed by atoms with Crippen molar-refractivity contribution >= 4 is 15.9 Å². The molecule has 2 atom stereocenters. The first kappa shape index (κ1) is 18.3. The zero-order valence-corrected chi connectivity index (χ0v) is 13.0. The van der Waals surface area contributed by atoms with Crippen LogP contribution in [0, 0.1) is 5.92 Å². The van der Waals surface area contributed by atoms with E-state index in [0.29, 0.717) is 0 Å². The zero-order valence-electron chi connectivity index (χ0n) is 11.4. The van der Waals surface area contributed by atoms with E-state index in [1.807, 2.05) is 13.8 Å². The summed E-state index contributed by atoms with van der Waals surface area (Å²) in [5, 5.41) is 0. The lowest BCUT2D eigenvalue weighted by Gasteiger charge is -2.27. The topological polar surface area (TPSA) is 0 Å². The molecule has 0 heterocycles. The predicted molar refractivity (Wildman–Crippen MR) is 72.4 cm³/mol. The van der Waals surface area contributed by atoms with Crippen LogP contribution in [-0.2, 0) is 0 Å². The van der Waals surface area contributed by atoms with Crippen LogP contribution in [0.25, 0.3) is 0 Å². The molecule has 0 bridgehead atoms. The lowest BCUT2D eigenvalue weighted by Crippen LogP contribution is -2.39. The van der Waals surface area contributed by atoms with Gasteiger partial charge in [0.15, 0.2) is 5.92 Å². The van der Waals surface area contributed by atoms with E-state index in [0.717, 1.165) is 12.0 Å². The maximum absolute atomic E-state index is 12.7. The first-order valence-electron chi connectivity index (χ1n) is 6.35. The molecule has 1 aromatic carbocycles. The van der Waals surface area contributed by atoms with E-state index in [1.54, 1.807) is 12.1 Å². The van der Waals surface area contributed by atoms with Gasteiger partial charge in [0.2, 0.25) is 0 Å². The van der Waals surface area contributed by atoms with E-state index in [1.165, 1.54) is 12.1 Å². The van der Waals surface area contributed by atoms with E-state index in [4.69, 9.17) is 0 Å². The standard InChI is InChI=1S/C14H15BrF6/c1-3-8(2)9-4-6-10(7-5-9)11(15)12(13(16,17)18)14(19,20)21/h4-8,11-12H,3H2,1-2H3. The smallest absolute Gasteiger partial charge is 0.170 e. The summed E-state index contributed by atoms with van der Waals surface area (Å²) < 4.78 is 76.0. The van der Waals surface area contributed by atoms with Gasteiger partial charge >= 0.3 is 12.4 Å². The largest absolute Gasteiger partial charge is 0.401 e. The molecule has 0 nitrogen and oxygen atoms in total. The van der Waals surface area contributed by atoms with Gasteiger partial charge in [-0.05, 0) is 23.5 Å². The minimum Gasteiger partial charge on any atom is -0.170 e. The highest BCUT2D eigenvalue weighted by molar-refractivity contribution is 9.09. The summed E-state index contributed by atoms with van der Waals surface area (Å²) in [5.41, 5.74) is 0.846. The van der Waals surface area contributed by atoms with Crippen molar-refractivity contribution < 1.29 is 26.3 Å². The molecule has 120 valence electrons. The molecule has 0 aromatic heterocycles. The second-order valence-corrected chi connectivity index (χ2v) is 5.93. The number of hydrogen-bond donors (Lipinski definition) is 0. The van der Waals surface area contributed by atoms with Crippen LogP contribution >= 0.6 is 15.9 Å². The Balaban J connectivity index is 3.08. The van der Waals surface area contributed by atoms with Crippen molar-refractivity contribution in [1.82, 2.24) is 0 Å². The Morgan fingerprint density at radius 3 is 1.62 bits per heavy atom. The van der Waals surface area contributed by atoms with E-state index >= 15 is 0 Å². The fourth-order valence-electron chi connectivity index (χ4n) is 1.95. The third kappa shape index (κ3) is 4.63. The van der Waals surface area contributed by atoms with Crippen molar-refractivity contribution in [3.05, 3.63) is 35.4 Å². The SMILES string of the molecule is CCC(C)c1ccc(C(Br)C(C(F)(F)F)C(F)(F)F)cc1. The van der Waals surface area contributed by atoms with Gasteiger partial charge in [0.25, 0.3) is 0 Å². The molecular weight excluding hydrogens is 362 g/mol. The Hall–Kier alpha value is -0.720. The Labute approximate surface area is 127 Å². The summed E-state index contributed by atoms with van der Waals surface area (Å²) in [6.07, 6.45) is -9.88. The molecule has 1 aromatic rings. The third-order valence-electron chi connectivity index (χ3n) is 3.43. The predicted octanol–water partition coefficient (Wildman–Crippen LogP) is 6.38. The molecule has 0 N–H and O–H groups in total. The van der Waals surface area contributed by atoms with Crippen molar-refractivity contribution in [3.8, 4) is 0 Å². The van der Waals surface area contributed by atoms with Crippen LogP contribution in [0.2, 0.25) is 0 Å². The lowest BCUT2D eigenvalue weighted by molar-refractivity contribution is -0.283. The maximum atomic E-state index is 12.7. The molecule has 0 saturated carbocycles. The Kier molecular flexibility index (Phi) is 5.75. The van der Waals surface area contributed by atoms with Crippen LogP contribution < -0.4 is 0 Å². The molecule has 0 aliphatic rings. The van der Waals surface area contributed by atoms with E-state index in [9.17, 15) is 26.3 Å². The van der Waals surface area contributed by atoms with Gasteiger partial charge < -0.3 is 0 Å². The molecule has 0 aliphatic heterocycles. The second kappa shape index (κ2) is 6.58. The fourth-order valence-corrected chi connectivity index (χ4v) is 2.86. The van der Waals surface area contributed by atoms with E-state index in [-0.39, 0.29) is 11.5 Å². The van der Waals surface area contributed by atoms with Crippen LogP contribution in [-0.4, -0.2) is 12.4 Å². The van der Waals surface area contributed by atoms with Crippen molar-refractivity contribution in [2.75, 3.05) is 0 Å². The molecular formula is C14H15BrF6. The quantitative estimate of drug-likeness (QED) is 0.422. The third-order valence-corrected chi connectivity index (χ3v) is 4.49. The molecule has 0 spiro atoms. The van der Waals surface area contributed by atoms with Gasteiger partial charge in [0, 0.05) is 0 Å². The normalized spacial score (nSPS) is 16.1. The molecule has 0 saturated heterocycles. The molecule has 0 fully saturated rings. The Bertz CT molecular complexity index is 434. The molecule has 7 heteroatoms. The first-order chi connectivity index (χ1) is 9.48. The van der Waals surface area contributed by atoms with Gasteiger partial charge in [-0.25, -0.2) is 0 Å². The van der Waals surface area contributed by atoms with Crippen LogP contribution in [0.3, 0.4) is 0 Å². The van der Waals surface area contributed by atoms with E-state index in [2.05, 4.69) is 15.9 Å². The highest BCUT2D eigenvalue weighted by atomic mass is 79.9. The van der Waals surface area contributed by atoms with Gasteiger partial charge in [-0.3, -0.25) is 0 Å². The molecule has 1 rings (SSSR count). The summed E-state index contributed by atoms with van der Waals surface area (Å²) in [5.74, 6) is -3.23. The molecule has 0 radical (unpaired) electrons. The molecule has 2 unspecified atom stereocenters. The highest BCUT2D eigenvalue weighted by Crippen LogP contribution is 2.50. The van der Waals surface area contributed by atoms with Crippen LogP contribution in [0.1, 0.15) is 42.1 Å². The number of alkyl halides is 7. The number of hydrogen-bond acceptors (Lipinski definition) is 0. The maximum Gasteiger partial charge on any atom is 0.401 e. The van der Waals surface area contributed by atoms with Crippen molar-refractivity contribution in [2.45, 2.75) is 43.4 Å². The first-order valence-corrected chi connectivity index (χ1v) is 7.27. The van der Waals surface area contributed by atoms with Crippen LogP contribution in [0.4, 0.5) is 26.3 Å². The second-order valence-electron chi connectivity index (χ2n) is 4.94. The molecule has 0 amide bonds. The zero-order chi connectivity index (χ0) is 16.4. The Morgan fingerprint density at radius 2 is 1.29 bits per heavy atom. The van der Waals surface area contributed by atoms with Gasteiger partial charge in [-0.15, -0.1) is 0 Å². The highest BCUT2D eigenvalue weighted by Gasteiger charge is 2.59. The van der Waals surface area contributed by atoms with Crippen molar-refractivity contribution in [3.63, 3.8) is 0 Å². The average Bonchev–Trinajstić information content (AvgIpc) is 2.34. The molecule has 21 heavy (non-hydrogen) atoms. The van der Waals surface area contributed by atoms with E-state index < -0.39 is 23.1 Å². The van der Waals surface area contributed by atoms with Gasteiger partial charge in [0.1, 0.15) is 0 Å². The number of benzene rings is 1. The van der Waals surface area contributed by atoms with Crippen LogP contribution in [0.5, 0.6) is 0 Å². The van der Waals surface area contributed by atoms with Crippen molar-refractivity contribution in [2.24, 2.45) is 5.92 Å². The minimum absolute atomic E-state index is 0.0401. The van der Waals surface area contributed by atoms with Crippen molar-refractivity contribution in [1.29, 1.82) is 0 Å². The summed E-state index contributed by atoms with van der Waals surface area (Å²) in [6, 6.07) is 5.76. The van der Waals surface area contributed by atoms with Gasteiger partial charge in [-0.2, -0.15) is 26.3 Å².